The molecule has 3 fully saturated rings. The summed E-state index contributed by atoms with van der Waals surface area (Å²) in [7, 11) is 0. The maximum absolute atomic E-state index is 9.57. The predicted molar refractivity (Wildman–Crippen MR) is 161 cm³/mol. The van der Waals surface area contributed by atoms with Crippen molar-refractivity contribution in [3.8, 4) is 11.5 Å². The zero-order chi connectivity index (χ0) is 28.1. The van der Waals surface area contributed by atoms with E-state index in [0.29, 0.717) is 11.5 Å². The van der Waals surface area contributed by atoms with Crippen molar-refractivity contribution >= 4 is 0 Å². The van der Waals surface area contributed by atoms with Crippen LogP contribution < -0.4 is 0 Å². The number of hydrogen-bond donors (Lipinski definition) is 2. The summed E-state index contributed by atoms with van der Waals surface area (Å²) in [4.78, 5) is 0. The summed E-state index contributed by atoms with van der Waals surface area (Å²) in [5, 5.41) is 19.1. The number of rotatable bonds is 0. The Morgan fingerprint density at radius 1 is 0.622 bits per heavy atom. The van der Waals surface area contributed by atoms with Crippen molar-refractivity contribution in [1.82, 2.24) is 0 Å². The van der Waals surface area contributed by atoms with Gasteiger partial charge in [-0.3, -0.25) is 0 Å². The molecule has 5 rings (SSSR count). The molecule has 2 aromatic carbocycles. The van der Waals surface area contributed by atoms with Gasteiger partial charge in [-0.15, -0.1) is 0 Å². The third-order valence-electron chi connectivity index (χ3n) is 8.54. The Kier molecular flexibility index (Phi) is 10.8. The molecule has 208 valence electrons. The minimum absolute atomic E-state index is 0.0239. The van der Waals surface area contributed by atoms with Crippen LogP contribution in [0.15, 0.2) is 36.4 Å². The van der Waals surface area contributed by atoms with Crippen molar-refractivity contribution in [2.24, 2.45) is 29.6 Å². The lowest BCUT2D eigenvalue weighted by molar-refractivity contribution is 0.259. The summed E-state index contributed by atoms with van der Waals surface area (Å²) in [5.41, 5.74) is 4.46. The van der Waals surface area contributed by atoms with Gasteiger partial charge in [0.05, 0.1) is 0 Å². The zero-order valence-corrected chi connectivity index (χ0v) is 25.8. The highest BCUT2D eigenvalue weighted by Gasteiger charge is 2.50. The Balaban J connectivity index is 0.000000189. The van der Waals surface area contributed by atoms with Gasteiger partial charge in [0.15, 0.2) is 0 Å². The largest absolute Gasteiger partial charge is 0.508 e. The summed E-state index contributed by atoms with van der Waals surface area (Å²) in [6.07, 6.45) is 7.93. The van der Waals surface area contributed by atoms with Crippen LogP contribution in [0.1, 0.15) is 117 Å². The lowest BCUT2D eigenvalue weighted by Crippen LogP contribution is -2.15. The molecule has 37 heavy (non-hydrogen) atoms. The highest BCUT2D eigenvalue weighted by Crippen LogP contribution is 2.59. The molecule has 2 nitrogen and oxygen atoms in total. The van der Waals surface area contributed by atoms with E-state index in [1.165, 1.54) is 34.8 Å². The van der Waals surface area contributed by atoms with E-state index in [0.717, 1.165) is 17.0 Å². The molecule has 2 aromatic rings. The van der Waals surface area contributed by atoms with E-state index in [9.17, 15) is 10.2 Å². The Labute approximate surface area is 228 Å². The monoisotopic (exact) mass is 508 g/mol. The summed E-state index contributed by atoms with van der Waals surface area (Å²) < 4.78 is 0. The van der Waals surface area contributed by atoms with E-state index in [1.54, 1.807) is 44.2 Å². The molecule has 2 heteroatoms. The number of benzene rings is 2. The molecule has 4 atom stereocenters. The van der Waals surface area contributed by atoms with Gasteiger partial charge in [-0.1, -0.05) is 97.7 Å². The molecule has 2 bridgehead atoms. The smallest absolute Gasteiger partial charge is 0.119 e. The van der Waals surface area contributed by atoms with Crippen LogP contribution in [0.4, 0.5) is 0 Å². The van der Waals surface area contributed by atoms with E-state index in [4.69, 9.17) is 0 Å². The van der Waals surface area contributed by atoms with E-state index in [-0.39, 0.29) is 10.8 Å². The summed E-state index contributed by atoms with van der Waals surface area (Å²) in [5.74, 6) is 6.58. The fourth-order valence-corrected chi connectivity index (χ4v) is 6.79. The highest BCUT2D eigenvalue weighted by atomic mass is 16.3. The van der Waals surface area contributed by atoms with Crippen LogP contribution in [0.25, 0.3) is 0 Å². The first-order valence-electron chi connectivity index (χ1n) is 14.8. The zero-order valence-electron chi connectivity index (χ0n) is 25.8. The van der Waals surface area contributed by atoms with Crippen LogP contribution >= 0.6 is 0 Å². The number of aromatic hydroxyl groups is 2. The molecular weight excluding hydrogens is 452 g/mol. The third-order valence-corrected chi connectivity index (χ3v) is 8.54. The first-order chi connectivity index (χ1) is 17.2. The molecule has 0 amide bonds. The topological polar surface area (TPSA) is 40.5 Å². The van der Waals surface area contributed by atoms with E-state index in [1.807, 2.05) is 52.0 Å². The SMILES string of the molecule is CC.CC1CC2C3CCC(C3)C2C1.Cc1ccc(O)c(C(C)(C)C)c1.Cc1ccc(O)c(C(C)(C)C)c1. The summed E-state index contributed by atoms with van der Waals surface area (Å²) in [6.45, 7) is 23.1. The quantitative estimate of drug-likeness (QED) is 0.371. The lowest BCUT2D eigenvalue weighted by Gasteiger charge is -2.23. The van der Waals surface area contributed by atoms with E-state index >= 15 is 0 Å². The molecule has 4 unspecified atom stereocenters. The second kappa shape index (κ2) is 12.7. The van der Waals surface area contributed by atoms with Gasteiger partial charge in [-0.25, -0.2) is 0 Å². The second-order valence-electron chi connectivity index (χ2n) is 13.8. The summed E-state index contributed by atoms with van der Waals surface area (Å²) >= 11 is 0. The number of aryl methyl sites for hydroxylation is 2. The van der Waals surface area contributed by atoms with Gasteiger partial charge in [0, 0.05) is 0 Å². The van der Waals surface area contributed by atoms with Gasteiger partial charge < -0.3 is 10.2 Å². The maximum Gasteiger partial charge on any atom is 0.119 e. The number of phenols is 2. The number of hydrogen-bond acceptors (Lipinski definition) is 2. The first-order valence-corrected chi connectivity index (χ1v) is 14.8. The third kappa shape index (κ3) is 8.26. The van der Waals surface area contributed by atoms with Gasteiger partial charge in [0.25, 0.3) is 0 Å². The van der Waals surface area contributed by atoms with Crippen molar-refractivity contribution < 1.29 is 10.2 Å². The van der Waals surface area contributed by atoms with Crippen molar-refractivity contribution in [2.45, 2.75) is 119 Å². The van der Waals surface area contributed by atoms with Gasteiger partial charge in [0.2, 0.25) is 0 Å². The molecule has 2 N–H and O–H groups in total. The van der Waals surface area contributed by atoms with Crippen LogP contribution in [0.3, 0.4) is 0 Å². The Hall–Kier alpha value is -1.96. The van der Waals surface area contributed by atoms with Crippen LogP contribution in [-0.4, -0.2) is 10.2 Å². The van der Waals surface area contributed by atoms with Crippen LogP contribution in [0, 0.1) is 43.4 Å². The Morgan fingerprint density at radius 2 is 0.973 bits per heavy atom. The molecule has 0 aliphatic heterocycles. The standard InChI is InChI=1S/2C11H16O.C11H18.C2H6/c2*1-8-5-6-10(12)9(7-8)11(2,3)4;1-7-4-10-8-2-3-9(6-8)11(10)5-7;1-2/h2*5-7,12H,1-4H3;7-11H,2-6H2,1H3;1-2H3. The molecule has 0 saturated heterocycles. The first kappa shape index (κ1) is 31.3. The molecular formula is C35H56O2. The van der Waals surface area contributed by atoms with Crippen LogP contribution in [-0.2, 0) is 10.8 Å². The Morgan fingerprint density at radius 3 is 1.27 bits per heavy atom. The molecule has 0 aromatic heterocycles. The normalized spacial score (nSPS) is 25.6. The van der Waals surface area contributed by atoms with Crippen molar-refractivity contribution in [3.05, 3.63) is 58.7 Å². The van der Waals surface area contributed by atoms with E-state index < -0.39 is 0 Å². The maximum atomic E-state index is 9.57. The van der Waals surface area contributed by atoms with Gasteiger partial charge >= 0.3 is 0 Å². The second-order valence-corrected chi connectivity index (χ2v) is 13.8. The van der Waals surface area contributed by atoms with E-state index in [2.05, 4.69) is 48.5 Å². The molecule has 0 heterocycles. The highest BCUT2D eigenvalue weighted by molar-refractivity contribution is 5.40. The van der Waals surface area contributed by atoms with Crippen molar-refractivity contribution in [2.75, 3.05) is 0 Å². The number of phenolic OH excluding ortho intramolecular Hbond substituents is 2. The fourth-order valence-electron chi connectivity index (χ4n) is 6.79. The molecule has 3 saturated carbocycles. The predicted octanol–water partition coefficient (Wildman–Crippen LogP) is 10.1. The summed E-state index contributed by atoms with van der Waals surface area (Å²) in [6, 6.07) is 11.4. The minimum atomic E-state index is 0.0239. The molecule has 0 radical (unpaired) electrons. The fraction of sp³-hybridized carbons (Fsp3) is 0.657. The average Bonchev–Trinajstić information content (AvgIpc) is 3.51. The minimum Gasteiger partial charge on any atom is -0.508 e. The Bertz CT molecular complexity index is 912. The molecule has 0 spiro atoms. The average molecular weight is 509 g/mol. The van der Waals surface area contributed by atoms with Gasteiger partial charge in [-0.05, 0) is 110 Å². The number of fused-ring (bicyclic) bond motifs is 5. The lowest BCUT2D eigenvalue weighted by atomic mass is 9.82. The van der Waals surface area contributed by atoms with Crippen LogP contribution in [0.5, 0.6) is 11.5 Å². The van der Waals surface area contributed by atoms with Crippen LogP contribution in [0.2, 0.25) is 0 Å². The van der Waals surface area contributed by atoms with Gasteiger partial charge in [0.1, 0.15) is 11.5 Å². The molecule has 3 aliphatic rings. The molecule has 3 aliphatic carbocycles. The van der Waals surface area contributed by atoms with Gasteiger partial charge in [-0.2, -0.15) is 0 Å². The van der Waals surface area contributed by atoms with Crippen molar-refractivity contribution in [1.29, 1.82) is 0 Å². The van der Waals surface area contributed by atoms with Crippen molar-refractivity contribution in [3.63, 3.8) is 0 Å².